The Balaban J connectivity index is 2.37. The second kappa shape index (κ2) is 9.17. The smallest absolute Gasteiger partial charge is 0.305 e. The number of amides is 1. The molecule has 0 aromatic heterocycles. The number of benzene rings is 1. The Morgan fingerprint density at radius 1 is 1.33 bits per heavy atom. The molecule has 0 heterocycles. The molecule has 0 saturated carbocycles. The predicted octanol–water partition coefficient (Wildman–Crippen LogP) is 3.04. The molecule has 0 aliphatic rings. The Hall–Kier alpha value is -0.920. The molecule has 0 aliphatic heterocycles. The number of ether oxygens (including phenoxy) is 1. The van der Waals surface area contributed by atoms with E-state index in [2.05, 4.69) is 41.9 Å². The lowest BCUT2D eigenvalue weighted by atomic mass is 10.3. The van der Waals surface area contributed by atoms with E-state index in [9.17, 15) is 9.59 Å². The summed E-state index contributed by atoms with van der Waals surface area (Å²) < 4.78 is 6.32. The van der Waals surface area contributed by atoms with E-state index >= 15 is 0 Å². The van der Waals surface area contributed by atoms with E-state index in [0.29, 0.717) is 19.4 Å². The second-order valence-corrected chi connectivity index (χ2v) is 6.36. The topological polar surface area (TPSA) is 58.6 Å². The van der Waals surface area contributed by atoms with E-state index in [0.717, 1.165) is 14.6 Å². The van der Waals surface area contributed by atoms with Crippen molar-refractivity contribution in [2.45, 2.75) is 12.8 Å². The number of carbonyl (C=O) groups is 2. The minimum absolute atomic E-state index is 0.0985. The number of hydrogen-bond donors (Lipinski definition) is 1. The second-order valence-electron chi connectivity index (χ2n) is 4.59. The highest BCUT2D eigenvalue weighted by atomic mass is 79.9. The van der Waals surface area contributed by atoms with Gasteiger partial charge in [-0.15, -0.1) is 0 Å². The maximum Gasteiger partial charge on any atom is 0.305 e. The van der Waals surface area contributed by atoms with Crippen molar-refractivity contribution in [3.63, 3.8) is 0 Å². The van der Waals surface area contributed by atoms with Gasteiger partial charge in [-0.2, -0.15) is 0 Å². The summed E-state index contributed by atoms with van der Waals surface area (Å²) >= 11 is 6.76. The lowest BCUT2D eigenvalue weighted by molar-refractivity contribution is -0.140. The Morgan fingerprint density at radius 2 is 2.05 bits per heavy atom. The van der Waals surface area contributed by atoms with Gasteiger partial charge in [0.05, 0.1) is 19.3 Å². The molecule has 1 amide bonds. The van der Waals surface area contributed by atoms with Crippen LogP contribution in [0, 0.1) is 0 Å². The van der Waals surface area contributed by atoms with Crippen LogP contribution in [-0.4, -0.2) is 44.0 Å². The molecular weight excluding hydrogens is 404 g/mol. The summed E-state index contributed by atoms with van der Waals surface area (Å²) in [4.78, 5) is 24.8. The minimum atomic E-state index is -0.230. The molecule has 0 aliphatic carbocycles. The van der Waals surface area contributed by atoms with Crippen molar-refractivity contribution >= 4 is 49.4 Å². The van der Waals surface area contributed by atoms with E-state index in [1.165, 1.54) is 7.11 Å². The number of nitrogens with one attached hydrogen (secondary N) is 1. The van der Waals surface area contributed by atoms with Gasteiger partial charge in [-0.1, -0.05) is 15.9 Å². The van der Waals surface area contributed by atoms with Crippen LogP contribution in [0.3, 0.4) is 0 Å². The number of carbonyl (C=O) groups excluding carboxylic acids is 2. The average Bonchev–Trinajstić information content (AvgIpc) is 2.41. The molecule has 1 aromatic rings. The van der Waals surface area contributed by atoms with Crippen LogP contribution in [0.25, 0.3) is 0 Å². The number of nitrogens with zero attached hydrogens (tertiary/aromatic N) is 1. The first-order valence-corrected chi connectivity index (χ1v) is 8.01. The third-order valence-electron chi connectivity index (χ3n) is 2.77. The zero-order valence-corrected chi connectivity index (χ0v) is 15.2. The first-order valence-electron chi connectivity index (χ1n) is 6.42. The lowest BCUT2D eigenvalue weighted by Gasteiger charge is -2.16. The van der Waals surface area contributed by atoms with Crippen molar-refractivity contribution in [3.05, 3.63) is 27.1 Å². The number of methoxy groups -OCH3 is 1. The standard InChI is InChI=1S/C14H18Br2N2O3/c1-18(7-3-4-14(20)21-2)9-13(19)17-12-6-5-10(15)8-11(12)16/h5-6,8H,3-4,7,9H2,1-2H3,(H,17,19). The van der Waals surface area contributed by atoms with Crippen molar-refractivity contribution in [1.29, 1.82) is 0 Å². The lowest BCUT2D eigenvalue weighted by Crippen LogP contribution is -2.31. The number of rotatable bonds is 7. The third kappa shape index (κ3) is 7.06. The normalized spacial score (nSPS) is 10.5. The predicted molar refractivity (Wildman–Crippen MR) is 89.2 cm³/mol. The van der Waals surface area contributed by atoms with Crippen LogP contribution in [0.4, 0.5) is 5.69 Å². The van der Waals surface area contributed by atoms with Crippen LogP contribution in [0.15, 0.2) is 27.1 Å². The van der Waals surface area contributed by atoms with Crippen LogP contribution in [0.5, 0.6) is 0 Å². The summed E-state index contributed by atoms with van der Waals surface area (Å²) in [6.07, 6.45) is 1.03. The maximum atomic E-state index is 11.9. The molecule has 1 N–H and O–H groups in total. The minimum Gasteiger partial charge on any atom is -0.469 e. The summed E-state index contributed by atoms with van der Waals surface area (Å²) in [5.74, 6) is -0.328. The van der Waals surface area contributed by atoms with Crippen molar-refractivity contribution in [2.75, 3.05) is 32.6 Å². The Bertz CT molecular complexity index is 509. The molecule has 0 saturated heterocycles. The molecular formula is C14H18Br2N2O3. The first kappa shape index (κ1) is 18.1. The monoisotopic (exact) mass is 420 g/mol. The number of halogens is 2. The van der Waals surface area contributed by atoms with Crippen LogP contribution in [-0.2, 0) is 14.3 Å². The molecule has 1 aromatic carbocycles. The number of likely N-dealkylation sites (N-methyl/N-ethyl adjacent to an activating group) is 1. The summed E-state index contributed by atoms with van der Waals surface area (Å²) in [5.41, 5.74) is 0.728. The van der Waals surface area contributed by atoms with E-state index in [4.69, 9.17) is 0 Å². The van der Waals surface area contributed by atoms with Gasteiger partial charge in [-0.3, -0.25) is 14.5 Å². The SMILES string of the molecule is COC(=O)CCCN(C)CC(=O)Nc1ccc(Br)cc1Br. The van der Waals surface area contributed by atoms with Gasteiger partial charge in [0, 0.05) is 15.4 Å². The molecule has 1 rings (SSSR count). The van der Waals surface area contributed by atoms with E-state index in [-0.39, 0.29) is 18.4 Å². The molecule has 0 unspecified atom stereocenters. The van der Waals surface area contributed by atoms with E-state index in [1.807, 2.05) is 30.1 Å². The number of anilines is 1. The summed E-state index contributed by atoms with van der Waals surface area (Å²) in [5, 5.41) is 2.84. The largest absolute Gasteiger partial charge is 0.469 e. The molecule has 116 valence electrons. The zero-order chi connectivity index (χ0) is 15.8. The average molecular weight is 422 g/mol. The highest BCUT2D eigenvalue weighted by Crippen LogP contribution is 2.26. The van der Waals surface area contributed by atoms with Gasteiger partial charge in [-0.05, 0) is 54.1 Å². The van der Waals surface area contributed by atoms with Gasteiger partial charge in [0.15, 0.2) is 0 Å². The molecule has 0 fully saturated rings. The van der Waals surface area contributed by atoms with Gasteiger partial charge < -0.3 is 10.1 Å². The fraction of sp³-hybridized carbons (Fsp3) is 0.429. The van der Waals surface area contributed by atoms with Gasteiger partial charge in [0.25, 0.3) is 0 Å². The van der Waals surface area contributed by atoms with Crippen LogP contribution < -0.4 is 5.32 Å². The maximum absolute atomic E-state index is 11.9. The molecule has 5 nitrogen and oxygen atoms in total. The first-order chi connectivity index (χ1) is 9.92. The van der Waals surface area contributed by atoms with Crippen molar-refractivity contribution in [2.24, 2.45) is 0 Å². The fourth-order valence-electron chi connectivity index (χ4n) is 1.70. The summed E-state index contributed by atoms with van der Waals surface area (Å²) in [6.45, 7) is 0.924. The quantitative estimate of drug-likeness (QED) is 0.687. The van der Waals surface area contributed by atoms with Gasteiger partial charge in [-0.25, -0.2) is 0 Å². The fourth-order valence-corrected chi connectivity index (χ4v) is 2.85. The Morgan fingerprint density at radius 3 is 2.67 bits per heavy atom. The molecule has 0 spiro atoms. The summed E-state index contributed by atoms with van der Waals surface area (Å²) in [6, 6.07) is 5.56. The molecule has 21 heavy (non-hydrogen) atoms. The van der Waals surface area contributed by atoms with Crippen molar-refractivity contribution < 1.29 is 14.3 Å². The zero-order valence-electron chi connectivity index (χ0n) is 12.0. The number of esters is 1. The molecule has 0 atom stereocenters. The molecule has 0 bridgehead atoms. The van der Waals surface area contributed by atoms with Crippen molar-refractivity contribution in [1.82, 2.24) is 4.90 Å². The highest BCUT2D eigenvalue weighted by Gasteiger charge is 2.09. The Kier molecular flexibility index (Phi) is 7.92. The van der Waals surface area contributed by atoms with Gasteiger partial charge in [0.2, 0.25) is 5.91 Å². The van der Waals surface area contributed by atoms with Crippen LogP contribution >= 0.6 is 31.9 Å². The molecule has 7 heteroatoms. The van der Waals surface area contributed by atoms with Gasteiger partial charge in [0.1, 0.15) is 0 Å². The number of hydrogen-bond acceptors (Lipinski definition) is 4. The van der Waals surface area contributed by atoms with Crippen LogP contribution in [0.1, 0.15) is 12.8 Å². The van der Waals surface area contributed by atoms with Gasteiger partial charge >= 0.3 is 5.97 Å². The highest BCUT2D eigenvalue weighted by molar-refractivity contribution is 9.11. The van der Waals surface area contributed by atoms with Crippen molar-refractivity contribution in [3.8, 4) is 0 Å². The van der Waals surface area contributed by atoms with E-state index < -0.39 is 0 Å². The van der Waals surface area contributed by atoms with Crippen LogP contribution in [0.2, 0.25) is 0 Å². The molecule has 0 radical (unpaired) electrons. The van der Waals surface area contributed by atoms with E-state index in [1.54, 1.807) is 0 Å². The summed E-state index contributed by atoms with van der Waals surface area (Å²) in [7, 11) is 3.21. The third-order valence-corrected chi connectivity index (χ3v) is 3.92. The Labute approximate surface area is 141 Å².